The number of hydrogen-bond acceptors (Lipinski definition) is 4. The molecule has 0 bridgehead atoms. The minimum atomic E-state index is -0.0528. The molecule has 18 heavy (non-hydrogen) atoms. The van der Waals surface area contributed by atoms with Gasteiger partial charge in [-0.1, -0.05) is 12.1 Å². The Balaban J connectivity index is 1.67. The van der Waals surface area contributed by atoms with Crippen LogP contribution >= 0.6 is 0 Å². The zero-order valence-electron chi connectivity index (χ0n) is 10.4. The molecular formula is C14H19NO3. The van der Waals surface area contributed by atoms with Crippen LogP contribution in [0.5, 0.6) is 11.5 Å². The first-order valence-corrected chi connectivity index (χ1v) is 6.56. The van der Waals surface area contributed by atoms with Gasteiger partial charge in [0.2, 0.25) is 0 Å². The average molecular weight is 249 g/mol. The Morgan fingerprint density at radius 3 is 2.61 bits per heavy atom. The molecule has 2 atom stereocenters. The van der Waals surface area contributed by atoms with Gasteiger partial charge < -0.3 is 19.9 Å². The first-order valence-electron chi connectivity index (χ1n) is 6.56. The van der Waals surface area contributed by atoms with E-state index in [9.17, 15) is 0 Å². The summed E-state index contributed by atoms with van der Waals surface area (Å²) in [6.07, 6.45) is 1.98. The van der Waals surface area contributed by atoms with Gasteiger partial charge in [0, 0.05) is 19.3 Å². The molecule has 98 valence electrons. The first kappa shape index (κ1) is 11.8. The van der Waals surface area contributed by atoms with Crippen molar-refractivity contribution < 1.29 is 14.2 Å². The summed E-state index contributed by atoms with van der Waals surface area (Å²) in [5, 5.41) is 0. The van der Waals surface area contributed by atoms with Gasteiger partial charge in [-0.25, -0.2) is 0 Å². The Morgan fingerprint density at radius 2 is 1.83 bits per heavy atom. The van der Waals surface area contributed by atoms with Gasteiger partial charge in [0.05, 0.1) is 0 Å². The Labute approximate surface area is 107 Å². The molecule has 0 aliphatic carbocycles. The predicted molar refractivity (Wildman–Crippen MR) is 67.9 cm³/mol. The van der Waals surface area contributed by atoms with Crippen LogP contribution in [0, 0.1) is 5.92 Å². The molecule has 0 amide bonds. The Morgan fingerprint density at radius 1 is 1.11 bits per heavy atom. The van der Waals surface area contributed by atoms with E-state index in [1.807, 2.05) is 24.3 Å². The Bertz CT molecular complexity index is 404. The molecule has 2 aliphatic rings. The summed E-state index contributed by atoms with van der Waals surface area (Å²) in [4.78, 5) is 0. The molecule has 1 aromatic carbocycles. The van der Waals surface area contributed by atoms with Crippen molar-refractivity contribution in [2.75, 3.05) is 19.8 Å². The van der Waals surface area contributed by atoms with Gasteiger partial charge in [-0.15, -0.1) is 0 Å². The van der Waals surface area contributed by atoms with E-state index in [1.165, 1.54) is 0 Å². The zero-order chi connectivity index (χ0) is 12.4. The normalized spacial score (nSPS) is 25.7. The summed E-state index contributed by atoms with van der Waals surface area (Å²) in [5.41, 5.74) is 6.32. The van der Waals surface area contributed by atoms with Crippen LogP contribution in [-0.2, 0) is 4.74 Å². The highest BCUT2D eigenvalue weighted by atomic mass is 16.6. The summed E-state index contributed by atoms with van der Waals surface area (Å²) in [6, 6.07) is 7.76. The lowest BCUT2D eigenvalue weighted by Gasteiger charge is -2.35. The van der Waals surface area contributed by atoms with Crippen LogP contribution in [0.4, 0.5) is 0 Å². The second-order valence-corrected chi connectivity index (χ2v) is 4.94. The smallest absolute Gasteiger partial charge is 0.161 e. The van der Waals surface area contributed by atoms with Gasteiger partial charge in [-0.2, -0.15) is 0 Å². The number of rotatable bonds is 2. The number of hydrogen-bond donors (Lipinski definition) is 1. The maximum absolute atomic E-state index is 6.32. The molecule has 0 spiro atoms. The van der Waals surface area contributed by atoms with E-state index in [0.29, 0.717) is 12.5 Å². The summed E-state index contributed by atoms with van der Waals surface area (Å²) >= 11 is 0. The number of para-hydroxylation sites is 2. The number of ether oxygens (including phenoxy) is 3. The van der Waals surface area contributed by atoms with Crippen molar-refractivity contribution in [1.82, 2.24) is 0 Å². The van der Waals surface area contributed by atoms with E-state index in [1.54, 1.807) is 0 Å². The summed E-state index contributed by atoms with van der Waals surface area (Å²) < 4.78 is 17.0. The highest BCUT2D eigenvalue weighted by Gasteiger charge is 2.32. The monoisotopic (exact) mass is 249 g/mol. The van der Waals surface area contributed by atoms with Crippen molar-refractivity contribution in [1.29, 1.82) is 0 Å². The molecule has 0 aromatic heterocycles. The highest BCUT2D eigenvalue weighted by molar-refractivity contribution is 5.40. The van der Waals surface area contributed by atoms with E-state index in [2.05, 4.69) is 0 Å². The molecule has 2 N–H and O–H groups in total. The van der Waals surface area contributed by atoms with E-state index in [4.69, 9.17) is 19.9 Å². The molecule has 1 fully saturated rings. The SMILES string of the molecule is NC(C1CCOCC1)C1COc2ccccc2O1. The standard InChI is InChI=1S/C14H19NO3/c15-14(10-5-7-16-8-6-10)13-9-17-11-3-1-2-4-12(11)18-13/h1-4,10,13-14H,5-9,15H2. The number of benzene rings is 1. The van der Waals surface area contributed by atoms with Gasteiger partial charge in [-0.3, -0.25) is 0 Å². The van der Waals surface area contributed by atoms with Gasteiger partial charge >= 0.3 is 0 Å². The fourth-order valence-corrected chi connectivity index (χ4v) is 2.63. The molecule has 0 saturated carbocycles. The van der Waals surface area contributed by atoms with Crippen LogP contribution in [0.1, 0.15) is 12.8 Å². The van der Waals surface area contributed by atoms with Crippen LogP contribution in [0.25, 0.3) is 0 Å². The van der Waals surface area contributed by atoms with Gasteiger partial charge in [0.15, 0.2) is 11.5 Å². The molecule has 4 nitrogen and oxygen atoms in total. The lowest BCUT2D eigenvalue weighted by Crippen LogP contribution is -2.50. The van der Waals surface area contributed by atoms with Crippen molar-refractivity contribution in [2.24, 2.45) is 11.7 Å². The molecule has 2 aliphatic heterocycles. The van der Waals surface area contributed by atoms with Gasteiger partial charge in [0.25, 0.3) is 0 Å². The topological polar surface area (TPSA) is 53.7 Å². The second kappa shape index (κ2) is 5.16. The van der Waals surface area contributed by atoms with Crippen molar-refractivity contribution in [3.8, 4) is 11.5 Å². The fourth-order valence-electron chi connectivity index (χ4n) is 2.63. The summed E-state index contributed by atoms with van der Waals surface area (Å²) in [7, 11) is 0. The maximum Gasteiger partial charge on any atom is 0.161 e. The van der Waals surface area contributed by atoms with Crippen LogP contribution in [0.3, 0.4) is 0 Å². The number of nitrogens with two attached hydrogens (primary N) is 1. The molecule has 1 saturated heterocycles. The summed E-state index contributed by atoms with van der Waals surface area (Å²) in [5.74, 6) is 2.08. The molecule has 2 heterocycles. The van der Waals surface area contributed by atoms with Gasteiger partial charge in [-0.05, 0) is 30.9 Å². The quantitative estimate of drug-likeness (QED) is 0.864. The van der Waals surface area contributed by atoms with E-state index >= 15 is 0 Å². The molecule has 3 rings (SSSR count). The third-order valence-corrected chi connectivity index (χ3v) is 3.77. The second-order valence-electron chi connectivity index (χ2n) is 4.94. The minimum absolute atomic E-state index is 0.0160. The molecule has 0 radical (unpaired) electrons. The summed E-state index contributed by atoms with van der Waals surface area (Å²) in [6.45, 7) is 2.15. The highest BCUT2D eigenvalue weighted by Crippen LogP contribution is 2.33. The van der Waals surface area contributed by atoms with Gasteiger partial charge in [0.1, 0.15) is 12.7 Å². The molecule has 4 heteroatoms. The lowest BCUT2D eigenvalue weighted by atomic mass is 9.89. The predicted octanol–water partition coefficient (Wildman–Crippen LogP) is 1.58. The van der Waals surface area contributed by atoms with Crippen molar-refractivity contribution >= 4 is 0 Å². The van der Waals surface area contributed by atoms with Crippen molar-refractivity contribution in [2.45, 2.75) is 25.0 Å². The van der Waals surface area contributed by atoms with E-state index < -0.39 is 0 Å². The van der Waals surface area contributed by atoms with Crippen LogP contribution in [0.15, 0.2) is 24.3 Å². The van der Waals surface area contributed by atoms with Crippen molar-refractivity contribution in [3.63, 3.8) is 0 Å². The molecule has 2 unspecified atom stereocenters. The largest absolute Gasteiger partial charge is 0.486 e. The lowest BCUT2D eigenvalue weighted by molar-refractivity contribution is 0.0144. The molecular weight excluding hydrogens is 230 g/mol. The number of fused-ring (bicyclic) bond motifs is 1. The van der Waals surface area contributed by atoms with Crippen molar-refractivity contribution in [3.05, 3.63) is 24.3 Å². The van der Waals surface area contributed by atoms with Crippen LogP contribution in [0.2, 0.25) is 0 Å². The Kier molecular flexibility index (Phi) is 3.39. The third kappa shape index (κ3) is 2.31. The van der Waals surface area contributed by atoms with Crippen LogP contribution in [-0.4, -0.2) is 32.0 Å². The average Bonchev–Trinajstić information content (AvgIpc) is 2.47. The van der Waals surface area contributed by atoms with E-state index in [0.717, 1.165) is 37.6 Å². The first-order chi connectivity index (χ1) is 8.84. The minimum Gasteiger partial charge on any atom is -0.486 e. The van der Waals surface area contributed by atoms with Crippen LogP contribution < -0.4 is 15.2 Å². The molecule has 1 aromatic rings. The maximum atomic E-state index is 6.32. The third-order valence-electron chi connectivity index (χ3n) is 3.77. The zero-order valence-corrected chi connectivity index (χ0v) is 10.4. The Hall–Kier alpha value is -1.26. The fraction of sp³-hybridized carbons (Fsp3) is 0.571. The van der Waals surface area contributed by atoms with E-state index in [-0.39, 0.29) is 12.1 Å².